The SMILES string of the molecule is CCNC(=O)c1c(-c2ccc(S(=O)(=O)N[C@@H](C)C(F)(F)F)cn2)n(C2CCCC2)c2cc(C)c(F)cc12. The minimum Gasteiger partial charge on any atom is -0.352 e. The van der Waals surface area contributed by atoms with Crippen molar-refractivity contribution in [3.63, 3.8) is 0 Å². The Morgan fingerprint density at radius 1 is 1.22 bits per heavy atom. The number of nitrogens with zero attached hydrogens (tertiary/aromatic N) is 2. The summed E-state index contributed by atoms with van der Waals surface area (Å²) in [5.74, 6) is -0.894. The van der Waals surface area contributed by atoms with Gasteiger partial charge < -0.3 is 9.88 Å². The van der Waals surface area contributed by atoms with E-state index in [1.54, 1.807) is 24.6 Å². The predicted molar refractivity (Wildman–Crippen MR) is 131 cm³/mol. The van der Waals surface area contributed by atoms with Crippen molar-refractivity contribution in [3.8, 4) is 11.4 Å². The fourth-order valence-electron chi connectivity index (χ4n) is 4.75. The third-order valence-electron chi connectivity index (χ3n) is 6.65. The highest BCUT2D eigenvalue weighted by atomic mass is 32.2. The molecule has 3 aromatic rings. The van der Waals surface area contributed by atoms with Crippen LogP contribution in [0.15, 0.2) is 35.4 Å². The molecule has 12 heteroatoms. The standard InChI is InChI=1S/C25H28F4N4O3S/c1-4-30-24(34)22-18-12-19(26)14(2)11-21(18)33(16-7-5-6-8-16)23(22)20-10-9-17(13-31-20)37(35,36)32-15(3)25(27,28)29/h9-13,15-16,32H,4-8H2,1-3H3,(H,30,34)/t15-/m0/s1. The molecule has 37 heavy (non-hydrogen) atoms. The highest BCUT2D eigenvalue weighted by molar-refractivity contribution is 7.89. The first-order valence-electron chi connectivity index (χ1n) is 12.0. The lowest BCUT2D eigenvalue weighted by Crippen LogP contribution is -2.42. The number of amides is 1. The molecule has 0 spiro atoms. The molecule has 4 rings (SSSR count). The van der Waals surface area contributed by atoms with E-state index in [-0.39, 0.29) is 17.3 Å². The summed E-state index contributed by atoms with van der Waals surface area (Å²) in [4.78, 5) is 17.0. The Bertz CT molecular complexity index is 1430. The maximum Gasteiger partial charge on any atom is 0.404 e. The molecule has 0 radical (unpaired) electrons. The van der Waals surface area contributed by atoms with E-state index < -0.39 is 38.9 Å². The van der Waals surface area contributed by atoms with Crippen LogP contribution < -0.4 is 10.0 Å². The lowest BCUT2D eigenvalue weighted by Gasteiger charge is -2.19. The topological polar surface area (TPSA) is 93.1 Å². The van der Waals surface area contributed by atoms with Crippen LogP contribution in [-0.2, 0) is 10.0 Å². The minimum absolute atomic E-state index is 0.0186. The zero-order valence-electron chi connectivity index (χ0n) is 20.6. The average molecular weight is 541 g/mol. The Kier molecular flexibility index (Phi) is 7.35. The van der Waals surface area contributed by atoms with E-state index in [4.69, 9.17) is 0 Å². The maximum absolute atomic E-state index is 14.7. The zero-order chi connectivity index (χ0) is 27.1. The summed E-state index contributed by atoms with van der Waals surface area (Å²) in [5.41, 5.74) is 1.97. The predicted octanol–water partition coefficient (Wildman–Crippen LogP) is 5.24. The number of alkyl halides is 3. The van der Waals surface area contributed by atoms with Gasteiger partial charge in [-0.1, -0.05) is 12.8 Å². The van der Waals surface area contributed by atoms with Crippen molar-refractivity contribution < 1.29 is 30.8 Å². The molecule has 1 aromatic carbocycles. The molecule has 0 unspecified atom stereocenters. The van der Waals surface area contributed by atoms with Gasteiger partial charge in [0, 0.05) is 24.2 Å². The van der Waals surface area contributed by atoms with E-state index in [9.17, 15) is 30.8 Å². The van der Waals surface area contributed by atoms with Gasteiger partial charge in [0.05, 0.1) is 22.5 Å². The Balaban J connectivity index is 1.90. The molecular weight excluding hydrogens is 512 g/mol. The van der Waals surface area contributed by atoms with Crippen molar-refractivity contribution in [1.29, 1.82) is 0 Å². The second-order valence-electron chi connectivity index (χ2n) is 9.27. The number of aromatic nitrogens is 2. The van der Waals surface area contributed by atoms with Crippen LogP contribution in [0.25, 0.3) is 22.3 Å². The van der Waals surface area contributed by atoms with Gasteiger partial charge in [0.2, 0.25) is 10.0 Å². The number of carbonyl (C=O) groups is 1. The number of hydrogen-bond donors (Lipinski definition) is 2. The molecule has 1 aliphatic rings. The molecule has 1 aliphatic carbocycles. The maximum atomic E-state index is 14.7. The quantitative estimate of drug-likeness (QED) is 0.401. The van der Waals surface area contributed by atoms with Crippen LogP contribution in [0.1, 0.15) is 61.5 Å². The normalized spacial score (nSPS) is 15.9. The van der Waals surface area contributed by atoms with Gasteiger partial charge in [-0.2, -0.15) is 17.9 Å². The summed E-state index contributed by atoms with van der Waals surface area (Å²) in [6.45, 7) is 4.43. The highest BCUT2D eigenvalue weighted by Gasteiger charge is 2.39. The first kappa shape index (κ1) is 27.1. The molecule has 1 saturated carbocycles. The third-order valence-corrected chi connectivity index (χ3v) is 8.18. The van der Waals surface area contributed by atoms with Crippen LogP contribution in [0, 0.1) is 12.7 Å². The van der Waals surface area contributed by atoms with Crippen molar-refractivity contribution in [2.24, 2.45) is 0 Å². The molecular formula is C25H28F4N4O3S. The van der Waals surface area contributed by atoms with Crippen molar-refractivity contribution in [1.82, 2.24) is 19.6 Å². The first-order chi connectivity index (χ1) is 17.3. The number of carbonyl (C=O) groups excluding carboxylic acids is 1. The van der Waals surface area contributed by atoms with Gasteiger partial charge in [-0.05, 0) is 63.4 Å². The van der Waals surface area contributed by atoms with Crippen molar-refractivity contribution in [2.45, 2.75) is 69.6 Å². The van der Waals surface area contributed by atoms with Crippen LogP contribution in [-0.4, -0.2) is 42.6 Å². The monoisotopic (exact) mass is 540 g/mol. The van der Waals surface area contributed by atoms with Crippen LogP contribution in [0.3, 0.4) is 0 Å². The van der Waals surface area contributed by atoms with Gasteiger partial charge >= 0.3 is 6.18 Å². The summed E-state index contributed by atoms with van der Waals surface area (Å²) in [6, 6.07) is 3.26. The Morgan fingerprint density at radius 3 is 2.46 bits per heavy atom. The number of sulfonamides is 1. The number of halogens is 4. The highest BCUT2D eigenvalue weighted by Crippen LogP contribution is 2.41. The molecule has 7 nitrogen and oxygen atoms in total. The van der Waals surface area contributed by atoms with Gasteiger partial charge in [-0.15, -0.1) is 0 Å². The number of hydrogen-bond acceptors (Lipinski definition) is 4. The minimum atomic E-state index is -4.75. The molecule has 2 aromatic heterocycles. The average Bonchev–Trinajstić information content (AvgIpc) is 3.45. The molecule has 200 valence electrons. The van der Waals surface area contributed by atoms with E-state index in [1.807, 2.05) is 4.57 Å². The van der Waals surface area contributed by atoms with Crippen LogP contribution in [0.5, 0.6) is 0 Å². The lowest BCUT2D eigenvalue weighted by atomic mass is 10.1. The van der Waals surface area contributed by atoms with E-state index in [0.717, 1.165) is 37.9 Å². The third kappa shape index (κ3) is 5.22. The molecule has 1 atom stereocenters. The van der Waals surface area contributed by atoms with Gasteiger partial charge in [0.15, 0.2) is 0 Å². The summed E-state index contributed by atoms with van der Waals surface area (Å²) in [5, 5.41) is 3.17. The molecule has 0 bridgehead atoms. The van der Waals surface area contributed by atoms with Crippen LogP contribution in [0.2, 0.25) is 0 Å². The van der Waals surface area contributed by atoms with Crippen LogP contribution in [0.4, 0.5) is 17.6 Å². The smallest absolute Gasteiger partial charge is 0.352 e. The molecule has 2 heterocycles. The van der Waals surface area contributed by atoms with Crippen molar-refractivity contribution >= 4 is 26.8 Å². The van der Waals surface area contributed by atoms with Crippen molar-refractivity contribution in [3.05, 3.63) is 47.4 Å². The number of fused-ring (bicyclic) bond motifs is 1. The summed E-state index contributed by atoms with van der Waals surface area (Å²) in [6.07, 6.45) is -0.147. The van der Waals surface area contributed by atoms with Gasteiger partial charge in [0.1, 0.15) is 16.8 Å². The van der Waals surface area contributed by atoms with Gasteiger partial charge in [-0.25, -0.2) is 12.8 Å². The lowest BCUT2D eigenvalue weighted by molar-refractivity contribution is -0.147. The Hall–Kier alpha value is -2.99. The number of benzene rings is 1. The largest absolute Gasteiger partial charge is 0.404 e. The van der Waals surface area contributed by atoms with E-state index in [1.165, 1.54) is 12.1 Å². The molecule has 0 saturated heterocycles. The number of nitrogens with one attached hydrogen (secondary N) is 2. The van der Waals surface area contributed by atoms with Crippen molar-refractivity contribution in [2.75, 3.05) is 6.54 Å². The van der Waals surface area contributed by atoms with E-state index >= 15 is 0 Å². The zero-order valence-corrected chi connectivity index (χ0v) is 21.4. The number of aryl methyl sites for hydroxylation is 1. The summed E-state index contributed by atoms with van der Waals surface area (Å²) < 4.78 is 82.0. The second-order valence-corrected chi connectivity index (χ2v) is 11.0. The summed E-state index contributed by atoms with van der Waals surface area (Å²) in [7, 11) is -4.51. The van der Waals surface area contributed by atoms with Gasteiger partial charge in [0.25, 0.3) is 5.91 Å². The first-order valence-corrected chi connectivity index (χ1v) is 13.5. The number of rotatable bonds is 7. The van der Waals surface area contributed by atoms with Gasteiger partial charge in [-0.3, -0.25) is 9.78 Å². The molecule has 1 fully saturated rings. The molecule has 1 amide bonds. The molecule has 2 N–H and O–H groups in total. The fraction of sp³-hybridized carbons (Fsp3) is 0.440. The fourth-order valence-corrected chi connectivity index (χ4v) is 5.93. The Morgan fingerprint density at radius 2 is 1.89 bits per heavy atom. The Labute approximate surface area is 212 Å². The number of pyridine rings is 1. The summed E-state index contributed by atoms with van der Waals surface area (Å²) >= 11 is 0. The van der Waals surface area contributed by atoms with E-state index in [0.29, 0.717) is 35.6 Å². The molecule has 0 aliphatic heterocycles. The van der Waals surface area contributed by atoms with E-state index in [2.05, 4.69) is 10.3 Å². The second kappa shape index (κ2) is 10.1. The van der Waals surface area contributed by atoms with Crippen LogP contribution >= 0.6 is 0 Å².